The zero-order chi connectivity index (χ0) is 18.1. The van der Waals surface area contributed by atoms with E-state index in [1.807, 2.05) is 18.2 Å². The number of hydrogen-bond acceptors (Lipinski definition) is 6. The molecule has 0 radical (unpaired) electrons. The molecule has 0 saturated carbocycles. The van der Waals surface area contributed by atoms with Gasteiger partial charge < -0.3 is 14.8 Å². The Bertz CT molecular complexity index is 995. The van der Waals surface area contributed by atoms with Gasteiger partial charge in [-0.2, -0.15) is 0 Å². The zero-order valence-electron chi connectivity index (χ0n) is 13.2. The molecule has 3 heterocycles. The number of nitrogens with one attached hydrogen (secondary N) is 1. The van der Waals surface area contributed by atoms with Gasteiger partial charge in [-0.1, -0.05) is 41.0 Å². The molecule has 0 spiro atoms. The molecule has 3 aromatic rings. The van der Waals surface area contributed by atoms with Crippen molar-refractivity contribution in [2.24, 2.45) is 0 Å². The van der Waals surface area contributed by atoms with E-state index in [1.165, 1.54) is 11.8 Å². The smallest absolute Gasteiger partial charge is 0.231 e. The van der Waals surface area contributed by atoms with Crippen molar-refractivity contribution in [2.45, 2.75) is 11.7 Å². The Morgan fingerprint density at radius 1 is 1.23 bits per heavy atom. The highest BCUT2D eigenvalue weighted by molar-refractivity contribution is 7.99. The van der Waals surface area contributed by atoms with Crippen LogP contribution in [-0.2, 0) is 11.3 Å². The number of ether oxygens (including phenoxy) is 2. The third kappa shape index (κ3) is 3.53. The minimum absolute atomic E-state index is 0.127. The Morgan fingerprint density at radius 3 is 2.96 bits per heavy atom. The number of carbonyl (C=O) groups excluding carboxylic acids is 1. The molecule has 0 fully saturated rings. The van der Waals surface area contributed by atoms with Gasteiger partial charge in [0.1, 0.15) is 0 Å². The molecule has 2 aromatic heterocycles. The van der Waals surface area contributed by atoms with Crippen molar-refractivity contribution in [3.63, 3.8) is 0 Å². The highest BCUT2D eigenvalue weighted by Crippen LogP contribution is 2.32. The fourth-order valence-corrected chi connectivity index (χ4v) is 3.68. The molecule has 1 aliphatic rings. The molecular weight excluding hydrogens is 399 g/mol. The normalized spacial score (nSPS) is 12.5. The highest BCUT2D eigenvalue weighted by atomic mass is 35.5. The first-order valence-electron chi connectivity index (χ1n) is 7.58. The van der Waals surface area contributed by atoms with Gasteiger partial charge in [-0.3, -0.25) is 9.20 Å². The third-order valence-electron chi connectivity index (χ3n) is 3.65. The van der Waals surface area contributed by atoms with Gasteiger partial charge in [0.15, 0.2) is 22.3 Å². The van der Waals surface area contributed by atoms with E-state index in [4.69, 9.17) is 32.7 Å². The van der Waals surface area contributed by atoms with Crippen LogP contribution in [0.1, 0.15) is 5.56 Å². The lowest BCUT2D eigenvalue weighted by molar-refractivity contribution is -0.118. The molecule has 134 valence electrons. The molecule has 0 saturated heterocycles. The summed E-state index contributed by atoms with van der Waals surface area (Å²) in [6, 6.07) is 7.16. The van der Waals surface area contributed by atoms with Crippen LogP contribution in [0, 0.1) is 0 Å². The fourth-order valence-electron chi connectivity index (χ4n) is 2.43. The van der Waals surface area contributed by atoms with Crippen molar-refractivity contribution in [1.29, 1.82) is 0 Å². The second kappa shape index (κ2) is 7.22. The monoisotopic (exact) mass is 410 g/mol. The lowest BCUT2D eigenvalue weighted by Gasteiger charge is -2.06. The van der Waals surface area contributed by atoms with Crippen molar-refractivity contribution >= 4 is 46.5 Å². The molecule has 1 aromatic carbocycles. The van der Waals surface area contributed by atoms with Gasteiger partial charge in [-0.05, 0) is 23.8 Å². The molecule has 4 rings (SSSR count). The molecule has 10 heteroatoms. The number of carbonyl (C=O) groups is 1. The predicted octanol–water partition coefficient (Wildman–Crippen LogP) is 3.17. The SMILES string of the molecule is O=C(CSc1nnc2c(Cl)cc(Cl)cn12)NCc1ccc2c(c1)OCO2. The lowest BCUT2D eigenvalue weighted by Crippen LogP contribution is -2.24. The van der Waals surface area contributed by atoms with E-state index in [9.17, 15) is 4.79 Å². The van der Waals surface area contributed by atoms with Crippen LogP contribution in [0.15, 0.2) is 35.6 Å². The van der Waals surface area contributed by atoms with Gasteiger partial charge >= 0.3 is 0 Å². The Morgan fingerprint density at radius 2 is 2.08 bits per heavy atom. The molecule has 26 heavy (non-hydrogen) atoms. The summed E-state index contributed by atoms with van der Waals surface area (Å²) >= 11 is 13.3. The van der Waals surface area contributed by atoms with E-state index >= 15 is 0 Å². The summed E-state index contributed by atoms with van der Waals surface area (Å²) in [6.45, 7) is 0.621. The second-order valence-corrected chi connectivity index (χ2v) is 7.22. The first kappa shape index (κ1) is 17.3. The maximum atomic E-state index is 12.1. The number of fused-ring (bicyclic) bond motifs is 2. The Balaban J connectivity index is 1.36. The molecule has 1 N–H and O–H groups in total. The van der Waals surface area contributed by atoms with Crippen LogP contribution >= 0.6 is 35.0 Å². The Kier molecular flexibility index (Phi) is 4.80. The third-order valence-corrected chi connectivity index (χ3v) is 5.08. The molecular formula is C16H12Cl2N4O3S. The Hall–Kier alpha value is -2.16. The van der Waals surface area contributed by atoms with E-state index in [-0.39, 0.29) is 18.5 Å². The molecule has 1 aliphatic heterocycles. The van der Waals surface area contributed by atoms with Gasteiger partial charge in [0, 0.05) is 12.7 Å². The first-order chi connectivity index (χ1) is 12.6. The zero-order valence-corrected chi connectivity index (χ0v) is 15.6. The maximum absolute atomic E-state index is 12.1. The van der Waals surface area contributed by atoms with Crippen LogP contribution in [0.4, 0.5) is 0 Å². The fraction of sp³-hybridized carbons (Fsp3) is 0.188. The predicted molar refractivity (Wildman–Crippen MR) is 98.1 cm³/mol. The van der Waals surface area contributed by atoms with Crippen LogP contribution in [0.2, 0.25) is 10.0 Å². The maximum Gasteiger partial charge on any atom is 0.231 e. The van der Waals surface area contributed by atoms with E-state index in [2.05, 4.69) is 15.5 Å². The molecule has 0 unspecified atom stereocenters. The van der Waals surface area contributed by atoms with Crippen molar-refractivity contribution in [2.75, 3.05) is 12.5 Å². The van der Waals surface area contributed by atoms with Crippen LogP contribution in [0.3, 0.4) is 0 Å². The number of thioether (sulfide) groups is 1. The minimum atomic E-state index is -0.127. The van der Waals surface area contributed by atoms with E-state index < -0.39 is 0 Å². The number of hydrogen-bond donors (Lipinski definition) is 1. The number of benzene rings is 1. The van der Waals surface area contributed by atoms with Gasteiger partial charge in [-0.25, -0.2) is 0 Å². The van der Waals surface area contributed by atoms with Crippen molar-refractivity contribution in [3.8, 4) is 11.5 Å². The van der Waals surface area contributed by atoms with Crippen molar-refractivity contribution in [1.82, 2.24) is 19.9 Å². The quantitative estimate of drug-likeness (QED) is 0.650. The summed E-state index contributed by atoms with van der Waals surface area (Å²) in [5.41, 5.74) is 1.43. The number of pyridine rings is 1. The van der Waals surface area contributed by atoms with Gasteiger partial charge in [0.2, 0.25) is 12.7 Å². The topological polar surface area (TPSA) is 77.8 Å². The standard InChI is InChI=1S/C16H12Cl2N4O3S/c17-10-4-11(18)15-20-21-16(22(15)6-10)26-7-14(23)19-5-9-1-2-12-13(3-9)25-8-24-12/h1-4,6H,5,7-8H2,(H,19,23). The number of aromatic nitrogens is 3. The summed E-state index contributed by atoms with van der Waals surface area (Å²) < 4.78 is 12.3. The summed E-state index contributed by atoms with van der Waals surface area (Å²) in [6.07, 6.45) is 1.66. The van der Waals surface area contributed by atoms with Gasteiger partial charge in [-0.15, -0.1) is 10.2 Å². The van der Waals surface area contributed by atoms with Crippen LogP contribution in [0.25, 0.3) is 5.65 Å². The summed E-state index contributed by atoms with van der Waals surface area (Å²) in [5, 5.41) is 12.3. The summed E-state index contributed by atoms with van der Waals surface area (Å²) in [5.74, 6) is 1.47. The lowest BCUT2D eigenvalue weighted by atomic mass is 10.2. The van der Waals surface area contributed by atoms with E-state index in [1.54, 1.807) is 16.7 Å². The molecule has 0 atom stereocenters. The number of amides is 1. The Labute approximate surface area is 162 Å². The molecule has 1 amide bonds. The highest BCUT2D eigenvalue weighted by Gasteiger charge is 2.14. The first-order valence-corrected chi connectivity index (χ1v) is 9.32. The van der Waals surface area contributed by atoms with Gasteiger partial charge in [0.25, 0.3) is 0 Å². The number of rotatable bonds is 5. The average molecular weight is 411 g/mol. The van der Waals surface area contributed by atoms with Crippen LogP contribution < -0.4 is 14.8 Å². The van der Waals surface area contributed by atoms with Crippen LogP contribution in [-0.4, -0.2) is 33.1 Å². The average Bonchev–Trinajstić information content (AvgIpc) is 3.24. The van der Waals surface area contributed by atoms with Crippen LogP contribution in [0.5, 0.6) is 11.5 Å². The molecule has 0 bridgehead atoms. The number of halogens is 2. The van der Waals surface area contributed by atoms with E-state index in [0.717, 1.165) is 5.56 Å². The minimum Gasteiger partial charge on any atom is -0.454 e. The largest absolute Gasteiger partial charge is 0.454 e. The molecule has 0 aliphatic carbocycles. The summed E-state index contributed by atoms with van der Waals surface area (Å²) in [7, 11) is 0. The van der Waals surface area contributed by atoms with E-state index in [0.29, 0.717) is 38.9 Å². The molecule has 7 nitrogen and oxygen atoms in total. The van der Waals surface area contributed by atoms with Crippen molar-refractivity contribution < 1.29 is 14.3 Å². The second-order valence-electron chi connectivity index (χ2n) is 5.44. The van der Waals surface area contributed by atoms with Gasteiger partial charge in [0.05, 0.1) is 15.8 Å². The summed E-state index contributed by atoms with van der Waals surface area (Å²) in [4.78, 5) is 12.1. The number of nitrogens with zero attached hydrogens (tertiary/aromatic N) is 3. The van der Waals surface area contributed by atoms with Crippen molar-refractivity contribution in [3.05, 3.63) is 46.1 Å².